The zero-order chi connectivity index (χ0) is 19.1. The number of hydrogen-bond donors (Lipinski definition) is 0. The molecule has 1 saturated heterocycles. The summed E-state index contributed by atoms with van der Waals surface area (Å²) in [5.74, 6) is -2.58. The first-order valence-corrected chi connectivity index (χ1v) is 7.49. The average Bonchev–Trinajstić information content (AvgIpc) is 2.46. The molecular formula is C15H22O10. The van der Waals surface area contributed by atoms with Crippen molar-refractivity contribution in [2.45, 2.75) is 58.4 Å². The highest BCUT2D eigenvalue weighted by Gasteiger charge is 2.52. The minimum atomic E-state index is -1.32. The summed E-state index contributed by atoms with van der Waals surface area (Å²) in [6, 6.07) is 0. The summed E-state index contributed by atoms with van der Waals surface area (Å²) in [6.07, 6.45) is -5.55. The lowest BCUT2D eigenvalue weighted by atomic mass is 9.98. The van der Waals surface area contributed by atoms with E-state index >= 15 is 0 Å². The van der Waals surface area contributed by atoms with Crippen molar-refractivity contribution in [1.82, 2.24) is 0 Å². The molecule has 10 heteroatoms. The first kappa shape index (κ1) is 20.8. The summed E-state index contributed by atoms with van der Waals surface area (Å²) in [5, 5.41) is 0. The number of carbonyl (C=O) groups excluding carboxylic acids is 4. The molecule has 1 heterocycles. The molecule has 10 nitrogen and oxygen atoms in total. The third-order valence-electron chi connectivity index (χ3n) is 3.20. The first-order valence-electron chi connectivity index (χ1n) is 7.49. The number of carbonyl (C=O) groups is 4. The van der Waals surface area contributed by atoms with Crippen molar-refractivity contribution in [2.75, 3.05) is 13.7 Å². The zero-order valence-electron chi connectivity index (χ0n) is 14.7. The molecule has 25 heavy (non-hydrogen) atoms. The van der Waals surface area contributed by atoms with Crippen molar-refractivity contribution >= 4 is 23.9 Å². The Bertz CT molecular complexity index is 516. The Balaban J connectivity index is 3.14. The van der Waals surface area contributed by atoms with Crippen molar-refractivity contribution < 1.29 is 47.6 Å². The van der Waals surface area contributed by atoms with Gasteiger partial charge in [0.05, 0.1) is 0 Å². The van der Waals surface area contributed by atoms with Gasteiger partial charge in [0.25, 0.3) is 0 Å². The van der Waals surface area contributed by atoms with Crippen molar-refractivity contribution in [3.8, 4) is 0 Å². The quantitative estimate of drug-likeness (QED) is 0.460. The van der Waals surface area contributed by atoms with Gasteiger partial charge in [0.2, 0.25) is 6.29 Å². The lowest BCUT2D eigenvalue weighted by Crippen LogP contribution is -2.62. The summed E-state index contributed by atoms with van der Waals surface area (Å²) < 4.78 is 31.1. The third-order valence-corrected chi connectivity index (χ3v) is 3.20. The lowest BCUT2D eigenvalue weighted by molar-refractivity contribution is -0.301. The molecule has 1 rings (SSSR count). The summed E-state index contributed by atoms with van der Waals surface area (Å²) in [4.78, 5) is 45.2. The minimum absolute atomic E-state index is 0.280. The number of hydrogen-bond acceptors (Lipinski definition) is 10. The molecule has 0 saturated carbocycles. The van der Waals surface area contributed by atoms with E-state index in [-0.39, 0.29) is 6.61 Å². The second kappa shape index (κ2) is 9.33. The van der Waals surface area contributed by atoms with E-state index in [0.717, 1.165) is 13.8 Å². The van der Waals surface area contributed by atoms with Gasteiger partial charge in [-0.1, -0.05) is 0 Å². The number of esters is 4. The van der Waals surface area contributed by atoms with Crippen LogP contribution >= 0.6 is 0 Å². The fourth-order valence-electron chi connectivity index (χ4n) is 2.39. The van der Waals surface area contributed by atoms with Gasteiger partial charge >= 0.3 is 23.9 Å². The largest absolute Gasteiger partial charge is 0.463 e. The van der Waals surface area contributed by atoms with Gasteiger partial charge in [0.1, 0.15) is 18.8 Å². The van der Waals surface area contributed by atoms with E-state index in [1.807, 2.05) is 0 Å². The molecule has 1 aliphatic heterocycles. The van der Waals surface area contributed by atoms with E-state index in [4.69, 9.17) is 28.4 Å². The molecule has 0 aliphatic carbocycles. The van der Waals surface area contributed by atoms with Crippen LogP contribution in [0.15, 0.2) is 0 Å². The van der Waals surface area contributed by atoms with Crippen LogP contribution in [0.4, 0.5) is 0 Å². The maximum Gasteiger partial charge on any atom is 0.305 e. The predicted octanol–water partition coefficient (Wildman–Crippen LogP) is -0.284. The van der Waals surface area contributed by atoms with E-state index in [0.29, 0.717) is 0 Å². The number of ether oxygens (including phenoxy) is 6. The molecule has 1 fully saturated rings. The fourth-order valence-corrected chi connectivity index (χ4v) is 2.39. The van der Waals surface area contributed by atoms with Crippen molar-refractivity contribution in [2.24, 2.45) is 0 Å². The van der Waals surface area contributed by atoms with Crippen LogP contribution in [0.5, 0.6) is 0 Å². The van der Waals surface area contributed by atoms with Crippen molar-refractivity contribution in [1.29, 1.82) is 0 Å². The van der Waals surface area contributed by atoms with Gasteiger partial charge in [-0.25, -0.2) is 0 Å². The maximum atomic E-state index is 11.4. The van der Waals surface area contributed by atoms with E-state index in [1.165, 1.54) is 21.0 Å². The highest BCUT2D eigenvalue weighted by molar-refractivity contribution is 5.68. The Labute approximate surface area is 144 Å². The standard InChI is InChI=1S/C15H22O10/c1-7(16)21-6-11-12(22-8(2)17)13(20-5)14(23-9(3)18)15(25-11)24-10(4)19/h11-15H,6H2,1-5H3/t11-,12+,13-,14+,15?/m0/s1. The van der Waals surface area contributed by atoms with Crippen LogP contribution in [0.25, 0.3) is 0 Å². The highest BCUT2D eigenvalue weighted by atomic mass is 16.7. The molecule has 1 aliphatic rings. The molecule has 0 N–H and O–H groups in total. The number of rotatable bonds is 6. The van der Waals surface area contributed by atoms with Gasteiger partial charge < -0.3 is 28.4 Å². The van der Waals surface area contributed by atoms with Crippen LogP contribution in [0, 0.1) is 0 Å². The van der Waals surface area contributed by atoms with Crippen LogP contribution in [-0.4, -0.2) is 68.3 Å². The lowest BCUT2D eigenvalue weighted by Gasteiger charge is -2.43. The second-order valence-electron chi connectivity index (χ2n) is 5.30. The van der Waals surface area contributed by atoms with Crippen molar-refractivity contribution in [3.05, 3.63) is 0 Å². The molecule has 142 valence electrons. The van der Waals surface area contributed by atoms with Gasteiger partial charge in [-0.2, -0.15) is 0 Å². The zero-order valence-corrected chi connectivity index (χ0v) is 14.7. The van der Waals surface area contributed by atoms with E-state index < -0.39 is 54.6 Å². The summed E-state index contributed by atoms with van der Waals surface area (Å²) in [7, 11) is 1.30. The monoisotopic (exact) mass is 362 g/mol. The van der Waals surface area contributed by atoms with Crippen LogP contribution < -0.4 is 0 Å². The fraction of sp³-hybridized carbons (Fsp3) is 0.733. The van der Waals surface area contributed by atoms with Crippen LogP contribution in [-0.2, 0) is 47.6 Å². The van der Waals surface area contributed by atoms with Crippen molar-refractivity contribution in [3.63, 3.8) is 0 Å². The first-order chi connectivity index (χ1) is 11.6. The molecule has 0 aromatic heterocycles. The van der Waals surface area contributed by atoms with Gasteiger partial charge in [-0.15, -0.1) is 0 Å². The highest BCUT2D eigenvalue weighted by Crippen LogP contribution is 2.29. The molecular weight excluding hydrogens is 340 g/mol. The van der Waals surface area contributed by atoms with E-state index in [1.54, 1.807) is 0 Å². The Morgan fingerprint density at radius 3 is 1.72 bits per heavy atom. The molecule has 0 amide bonds. The average molecular weight is 362 g/mol. The minimum Gasteiger partial charge on any atom is -0.463 e. The molecule has 0 aromatic carbocycles. The van der Waals surface area contributed by atoms with Crippen LogP contribution in [0.3, 0.4) is 0 Å². The van der Waals surface area contributed by atoms with Gasteiger partial charge in [0.15, 0.2) is 12.2 Å². The Morgan fingerprint density at radius 2 is 1.28 bits per heavy atom. The SMILES string of the molecule is CO[C@H]1[C@H](OC(C)=O)[C@H](COC(C)=O)OC(OC(C)=O)[C@@H]1OC(C)=O. The number of methoxy groups -OCH3 is 1. The Hall–Kier alpha value is -2.20. The summed E-state index contributed by atoms with van der Waals surface area (Å²) >= 11 is 0. The van der Waals surface area contributed by atoms with Crippen LogP contribution in [0.2, 0.25) is 0 Å². The molecule has 5 atom stereocenters. The predicted molar refractivity (Wildman–Crippen MR) is 79.0 cm³/mol. The molecule has 0 radical (unpaired) electrons. The summed E-state index contributed by atoms with van der Waals surface area (Å²) in [5.41, 5.74) is 0. The molecule has 0 aromatic rings. The Morgan fingerprint density at radius 1 is 0.760 bits per heavy atom. The van der Waals surface area contributed by atoms with Crippen LogP contribution in [0.1, 0.15) is 27.7 Å². The smallest absolute Gasteiger partial charge is 0.305 e. The second-order valence-corrected chi connectivity index (χ2v) is 5.30. The molecule has 1 unspecified atom stereocenters. The molecule has 0 spiro atoms. The topological polar surface area (TPSA) is 124 Å². The van der Waals surface area contributed by atoms with Gasteiger partial charge in [-0.05, 0) is 0 Å². The Kier molecular flexibility index (Phi) is 7.78. The maximum absolute atomic E-state index is 11.4. The van der Waals surface area contributed by atoms with E-state index in [2.05, 4.69) is 0 Å². The normalized spacial score (nSPS) is 28.6. The molecule has 0 bridgehead atoms. The third kappa shape index (κ3) is 6.31. The van der Waals surface area contributed by atoms with E-state index in [9.17, 15) is 19.2 Å². The summed E-state index contributed by atoms with van der Waals surface area (Å²) in [6.45, 7) is 4.40. The van der Waals surface area contributed by atoms with Gasteiger partial charge in [-0.3, -0.25) is 19.2 Å². The van der Waals surface area contributed by atoms with Gasteiger partial charge in [0, 0.05) is 34.8 Å².